The number of nitrogens with zero attached hydrogens (tertiary/aromatic N) is 1. The van der Waals surface area contributed by atoms with Gasteiger partial charge in [-0.05, 0) is 32.6 Å². The van der Waals surface area contributed by atoms with Gasteiger partial charge in [0, 0.05) is 13.1 Å². The van der Waals surface area contributed by atoms with Crippen molar-refractivity contribution in [2.45, 2.75) is 20.3 Å². The molecule has 0 aromatic heterocycles. The van der Waals surface area contributed by atoms with Crippen molar-refractivity contribution in [1.82, 2.24) is 10.2 Å². The second kappa shape index (κ2) is 8.97. The van der Waals surface area contributed by atoms with Crippen LogP contribution in [0.15, 0.2) is 0 Å². The summed E-state index contributed by atoms with van der Waals surface area (Å²) >= 11 is 0. The summed E-state index contributed by atoms with van der Waals surface area (Å²) in [6.45, 7) is 10.8. The maximum atomic E-state index is 5.37. The molecule has 0 saturated carbocycles. The average Bonchev–Trinajstić information content (AvgIpc) is 2.11. The third-order valence-electron chi connectivity index (χ3n) is 2.06. The third kappa shape index (κ3) is 6.58. The fourth-order valence-corrected chi connectivity index (χ4v) is 1.13. The largest absolute Gasteiger partial charge is 0.330 e. The Balaban J connectivity index is 3.06. The first kappa shape index (κ1) is 11.9. The summed E-state index contributed by atoms with van der Waals surface area (Å²) in [7, 11) is 0. The average molecular weight is 173 g/mol. The highest BCUT2D eigenvalue weighted by molar-refractivity contribution is 4.55. The predicted octanol–water partition coefficient (Wildman–Crippen LogP) is 0.267. The molecule has 3 N–H and O–H groups in total. The molecule has 0 spiro atoms. The molecule has 0 unspecified atom stereocenters. The van der Waals surface area contributed by atoms with Crippen LogP contribution in [0.3, 0.4) is 0 Å². The Morgan fingerprint density at radius 1 is 1.17 bits per heavy atom. The first-order valence-corrected chi connectivity index (χ1v) is 4.98. The highest BCUT2D eigenvalue weighted by atomic mass is 15.1. The van der Waals surface area contributed by atoms with Gasteiger partial charge in [0.25, 0.3) is 0 Å². The third-order valence-corrected chi connectivity index (χ3v) is 2.06. The summed E-state index contributed by atoms with van der Waals surface area (Å²) in [5.74, 6) is 0. The van der Waals surface area contributed by atoms with Crippen molar-refractivity contribution in [3.63, 3.8) is 0 Å². The van der Waals surface area contributed by atoms with Gasteiger partial charge in [0.15, 0.2) is 0 Å². The first-order chi connectivity index (χ1) is 5.85. The van der Waals surface area contributed by atoms with Crippen molar-refractivity contribution in [3.05, 3.63) is 0 Å². The van der Waals surface area contributed by atoms with E-state index in [9.17, 15) is 0 Å². The minimum Gasteiger partial charge on any atom is -0.330 e. The van der Waals surface area contributed by atoms with Crippen LogP contribution < -0.4 is 11.1 Å². The Hall–Kier alpha value is -0.120. The topological polar surface area (TPSA) is 41.3 Å². The smallest absolute Gasteiger partial charge is 0.0107 e. The summed E-state index contributed by atoms with van der Waals surface area (Å²) in [6, 6.07) is 0. The minimum atomic E-state index is 0.790. The van der Waals surface area contributed by atoms with Gasteiger partial charge in [-0.3, -0.25) is 0 Å². The maximum Gasteiger partial charge on any atom is 0.0107 e. The summed E-state index contributed by atoms with van der Waals surface area (Å²) in [6.07, 6.45) is 1.08. The zero-order valence-corrected chi connectivity index (χ0v) is 8.47. The van der Waals surface area contributed by atoms with Crippen LogP contribution in [0, 0.1) is 0 Å². The van der Waals surface area contributed by atoms with E-state index >= 15 is 0 Å². The molecule has 0 saturated heterocycles. The summed E-state index contributed by atoms with van der Waals surface area (Å²) in [4.78, 5) is 2.41. The minimum absolute atomic E-state index is 0.790. The number of nitrogens with one attached hydrogen (secondary N) is 1. The van der Waals surface area contributed by atoms with E-state index in [1.54, 1.807) is 0 Å². The van der Waals surface area contributed by atoms with Crippen LogP contribution in [-0.4, -0.2) is 44.2 Å². The molecule has 0 radical (unpaired) electrons. The number of nitrogens with two attached hydrogens (primary N) is 1. The Bertz CT molecular complexity index is 81.8. The molecule has 0 aliphatic heterocycles. The molecule has 0 bridgehead atoms. The predicted molar refractivity (Wildman–Crippen MR) is 54.3 cm³/mol. The standard InChI is InChI=1S/C9H23N3/c1-3-12(4-2)9-8-11-7-5-6-10/h11H,3-10H2,1-2H3. The zero-order valence-electron chi connectivity index (χ0n) is 8.47. The van der Waals surface area contributed by atoms with Crippen LogP contribution in [0.5, 0.6) is 0 Å². The second-order valence-electron chi connectivity index (χ2n) is 2.92. The summed E-state index contributed by atoms with van der Waals surface area (Å²) in [5.41, 5.74) is 5.37. The van der Waals surface area contributed by atoms with E-state index in [2.05, 4.69) is 24.1 Å². The molecule has 12 heavy (non-hydrogen) atoms. The monoisotopic (exact) mass is 173 g/mol. The van der Waals surface area contributed by atoms with Gasteiger partial charge >= 0.3 is 0 Å². The first-order valence-electron chi connectivity index (χ1n) is 4.98. The molecule has 3 nitrogen and oxygen atoms in total. The Morgan fingerprint density at radius 2 is 1.83 bits per heavy atom. The molecular formula is C9H23N3. The lowest BCUT2D eigenvalue weighted by molar-refractivity contribution is 0.302. The Labute approximate surface area is 76.3 Å². The SMILES string of the molecule is CCN(CC)CCNCCCN. The molecule has 0 aliphatic rings. The molecular weight excluding hydrogens is 150 g/mol. The van der Waals surface area contributed by atoms with Crippen molar-refractivity contribution < 1.29 is 0 Å². The van der Waals surface area contributed by atoms with Crippen LogP contribution in [0.2, 0.25) is 0 Å². The molecule has 0 fully saturated rings. The van der Waals surface area contributed by atoms with Gasteiger partial charge in [-0.2, -0.15) is 0 Å². The fourth-order valence-electron chi connectivity index (χ4n) is 1.13. The lowest BCUT2D eigenvalue weighted by atomic mass is 10.4. The van der Waals surface area contributed by atoms with E-state index in [4.69, 9.17) is 5.73 Å². The van der Waals surface area contributed by atoms with Crippen LogP contribution in [-0.2, 0) is 0 Å². The molecule has 0 heterocycles. The molecule has 0 aromatic carbocycles. The van der Waals surface area contributed by atoms with Gasteiger partial charge in [-0.15, -0.1) is 0 Å². The van der Waals surface area contributed by atoms with Crippen molar-refractivity contribution in [3.8, 4) is 0 Å². The van der Waals surface area contributed by atoms with Gasteiger partial charge < -0.3 is 16.0 Å². The molecule has 0 aliphatic carbocycles. The number of rotatable bonds is 8. The van der Waals surface area contributed by atoms with E-state index in [-0.39, 0.29) is 0 Å². The molecule has 0 amide bonds. The molecule has 74 valence electrons. The van der Waals surface area contributed by atoms with E-state index in [0.29, 0.717) is 0 Å². The second-order valence-corrected chi connectivity index (χ2v) is 2.92. The van der Waals surface area contributed by atoms with Crippen molar-refractivity contribution >= 4 is 0 Å². The van der Waals surface area contributed by atoms with Gasteiger partial charge in [0.05, 0.1) is 0 Å². The van der Waals surface area contributed by atoms with E-state index in [0.717, 1.165) is 45.7 Å². The quantitative estimate of drug-likeness (QED) is 0.518. The zero-order chi connectivity index (χ0) is 9.23. The van der Waals surface area contributed by atoms with Crippen molar-refractivity contribution in [2.24, 2.45) is 5.73 Å². The van der Waals surface area contributed by atoms with Gasteiger partial charge in [0.2, 0.25) is 0 Å². The number of likely N-dealkylation sites (N-methyl/N-ethyl adjacent to an activating group) is 1. The summed E-state index contributed by atoms with van der Waals surface area (Å²) in [5, 5.41) is 3.36. The fraction of sp³-hybridized carbons (Fsp3) is 1.00. The van der Waals surface area contributed by atoms with Crippen LogP contribution in [0.4, 0.5) is 0 Å². The lowest BCUT2D eigenvalue weighted by Crippen LogP contribution is -2.32. The van der Waals surface area contributed by atoms with Crippen molar-refractivity contribution in [1.29, 1.82) is 0 Å². The van der Waals surface area contributed by atoms with E-state index in [1.807, 2.05) is 0 Å². The van der Waals surface area contributed by atoms with Crippen LogP contribution in [0.1, 0.15) is 20.3 Å². The summed E-state index contributed by atoms with van der Waals surface area (Å²) < 4.78 is 0. The van der Waals surface area contributed by atoms with Gasteiger partial charge in [-0.1, -0.05) is 13.8 Å². The van der Waals surface area contributed by atoms with Gasteiger partial charge in [-0.25, -0.2) is 0 Å². The maximum absolute atomic E-state index is 5.37. The van der Waals surface area contributed by atoms with Crippen LogP contribution >= 0.6 is 0 Å². The number of hydrogen-bond acceptors (Lipinski definition) is 3. The lowest BCUT2D eigenvalue weighted by Gasteiger charge is -2.17. The van der Waals surface area contributed by atoms with Gasteiger partial charge in [0.1, 0.15) is 0 Å². The highest BCUT2D eigenvalue weighted by Crippen LogP contribution is 1.83. The normalized spacial score (nSPS) is 11.0. The Morgan fingerprint density at radius 3 is 2.33 bits per heavy atom. The number of hydrogen-bond donors (Lipinski definition) is 2. The van der Waals surface area contributed by atoms with E-state index in [1.165, 1.54) is 0 Å². The molecule has 0 aromatic rings. The Kier molecular flexibility index (Phi) is 8.88. The molecule has 3 heteroatoms. The molecule has 0 atom stereocenters. The van der Waals surface area contributed by atoms with Crippen molar-refractivity contribution in [2.75, 3.05) is 39.3 Å². The highest BCUT2D eigenvalue weighted by Gasteiger charge is 1.96. The molecule has 0 rings (SSSR count). The van der Waals surface area contributed by atoms with Crippen LogP contribution in [0.25, 0.3) is 0 Å². The van der Waals surface area contributed by atoms with E-state index < -0.39 is 0 Å².